The molecule has 1 aromatic carbocycles. The average Bonchev–Trinajstić information content (AvgIpc) is 2.38. The lowest BCUT2D eigenvalue weighted by Gasteiger charge is -2.24. The van der Waals surface area contributed by atoms with Crippen molar-refractivity contribution >= 4 is 6.08 Å². The first-order chi connectivity index (χ1) is 8.88. The third kappa shape index (κ3) is 4.30. The molecule has 2 rings (SSSR count). The average molecular weight is 243 g/mol. The van der Waals surface area contributed by atoms with Crippen LogP contribution in [0, 0.1) is 0 Å². The summed E-state index contributed by atoms with van der Waals surface area (Å²) in [5, 5.41) is 0. The molecule has 1 saturated heterocycles. The molecule has 18 heavy (non-hydrogen) atoms. The van der Waals surface area contributed by atoms with Crippen LogP contribution in [0.1, 0.15) is 43.2 Å². The minimum Gasteiger partial charge on any atom is -0.303 e. The van der Waals surface area contributed by atoms with Gasteiger partial charge in [0.1, 0.15) is 0 Å². The monoisotopic (exact) mass is 243 g/mol. The Morgan fingerprint density at radius 1 is 0.944 bits per heavy atom. The van der Waals surface area contributed by atoms with E-state index in [1.807, 2.05) is 6.08 Å². The molecule has 1 heterocycles. The molecule has 1 aliphatic rings. The van der Waals surface area contributed by atoms with Crippen LogP contribution in [-0.2, 0) is 6.42 Å². The SMILES string of the molecule is C=Cc1ccc(CCN2CCCCCCC2)cc1. The first-order valence-corrected chi connectivity index (χ1v) is 7.32. The molecule has 0 aliphatic carbocycles. The highest BCUT2D eigenvalue weighted by Gasteiger charge is 2.07. The van der Waals surface area contributed by atoms with Crippen LogP contribution in [0.2, 0.25) is 0 Å². The highest BCUT2D eigenvalue weighted by atomic mass is 15.1. The summed E-state index contributed by atoms with van der Waals surface area (Å²) >= 11 is 0. The Morgan fingerprint density at radius 3 is 2.17 bits per heavy atom. The summed E-state index contributed by atoms with van der Waals surface area (Å²) in [6.45, 7) is 7.60. The molecule has 1 fully saturated rings. The van der Waals surface area contributed by atoms with E-state index in [4.69, 9.17) is 0 Å². The van der Waals surface area contributed by atoms with E-state index in [0.717, 1.165) is 0 Å². The van der Waals surface area contributed by atoms with Crippen molar-refractivity contribution in [2.24, 2.45) is 0 Å². The summed E-state index contributed by atoms with van der Waals surface area (Å²) in [5.41, 5.74) is 2.66. The number of nitrogens with zero attached hydrogens (tertiary/aromatic N) is 1. The molecule has 0 amide bonds. The van der Waals surface area contributed by atoms with Gasteiger partial charge < -0.3 is 4.90 Å². The molecule has 1 aromatic rings. The smallest absolute Gasteiger partial charge is 0.00218 e. The van der Waals surface area contributed by atoms with Crippen molar-refractivity contribution in [2.75, 3.05) is 19.6 Å². The highest BCUT2D eigenvalue weighted by Crippen LogP contribution is 2.12. The highest BCUT2D eigenvalue weighted by molar-refractivity contribution is 5.47. The van der Waals surface area contributed by atoms with Crippen LogP contribution in [0.5, 0.6) is 0 Å². The Kier molecular flexibility index (Phi) is 5.47. The number of rotatable bonds is 4. The van der Waals surface area contributed by atoms with Crippen LogP contribution < -0.4 is 0 Å². The predicted octanol–water partition coefficient (Wildman–Crippen LogP) is 4.14. The second kappa shape index (κ2) is 7.38. The van der Waals surface area contributed by atoms with Gasteiger partial charge in [0, 0.05) is 6.54 Å². The van der Waals surface area contributed by atoms with Crippen LogP contribution in [0.4, 0.5) is 0 Å². The lowest BCUT2D eigenvalue weighted by molar-refractivity contribution is 0.250. The Balaban J connectivity index is 1.79. The van der Waals surface area contributed by atoms with Crippen molar-refractivity contribution in [2.45, 2.75) is 38.5 Å². The van der Waals surface area contributed by atoms with Gasteiger partial charge in [-0.1, -0.05) is 56.2 Å². The molecule has 1 nitrogen and oxygen atoms in total. The Labute approximate surface area is 112 Å². The van der Waals surface area contributed by atoms with Crippen LogP contribution >= 0.6 is 0 Å². The van der Waals surface area contributed by atoms with Gasteiger partial charge in [-0.3, -0.25) is 0 Å². The largest absolute Gasteiger partial charge is 0.303 e. The molecule has 0 saturated carbocycles. The maximum absolute atomic E-state index is 3.79. The van der Waals surface area contributed by atoms with E-state index >= 15 is 0 Å². The summed E-state index contributed by atoms with van der Waals surface area (Å²) in [4.78, 5) is 2.64. The van der Waals surface area contributed by atoms with Crippen molar-refractivity contribution in [1.82, 2.24) is 4.90 Å². The minimum absolute atomic E-state index is 1.18. The van der Waals surface area contributed by atoms with E-state index < -0.39 is 0 Å². The normalized spacial score (nSPS) is 18.0. The molecule has 1 heteroatoms. The van der Waals surface area contributed by atoms with Crippen molar-refractivity contribution in [3.63, 3.8) is 0 Å². The van der Waals surface area contributed by atoms with E-state index in [0.29, 0.717) is 0 Å². The van der Waals surface area contributed by atoms with Crippen LogP contribution in [-0.4, -0.2) is 24.5 Å². The summed E-state index contributed by atoms with van der Waals surface area (Å²) in [6, 6.07) is 8.80. The lowest BCUT2D eigenvalue weighted by Crippen LogP contribution is -2.29. The Morgan fingerprint density at radius 2 is 1.56 bits per heavy atom. The minimum atomic E-state index is 1.18. The molecule has 0 unspecified atom stereocenters. The molecule has 0 radical (unpaired) electrons. The standard InChI is InChI=1S/C17H25N/c1-2-16-8-10-17(11-9-16)12-15-18-13-6-4-3-5-7-14-18/h2,8-11H,1,3-7,12-15H2. The summed E-state index contributed by atoms with van der Waals surface area (Å²) in [6.07, 6.45) is 10.1. The van der Waals surface area contributed by atoms with Gasteiger partial charge in [0.25, 0.3) is 0 Å². The second-order valence-corrected chi connectivity index (χ2v) is 5.31. The summed E-state index contributed by atoms with van der Waals surface area (Å²) in [7, 11) is 0. The van der Waals surface area contributed by atoms with Gasteiger partial charge in [-0.2, -0.15) is 0 Å². The quantitative estimate of drug-likeness (QED) is 0.768. The maximum atomic E-state index is 3.79. The summed E-state index contributed by atoms with van der Waals surface area (Å²) < 4.78 is 0. The third-order valence-corrected chi connectivity index (χ3v) is 3.88. The van der Waals surface area contributed by atoms with Gasteiger partial charge in [0.15, 0.2) is 0 Å². The Bertz CT molecular complexity index is 344. The maximum Gasteiger partial charge on any atom is 0.00218 e. The molecule has 98 valence electrons. The number of hydrogen-bond acceptors (Lipinski definition) is 1. The molecular formula is C17H25N. The van der Waals surface area contributed by atoms with Crippen molar-refractivity contribution in [3.05, 3.63) is 42.0 Å². The molecule has 0 spiro atoms. The van der Waals surface area contributed by atoms with E-state index in [9.17, 15) is 0 Å². The van der Waals surface area contributed by atoms with Crippen LogP contribution in [0.3, 0.4) is 0 Å². The van der Waals surface area contributed by atoms with E-state index in [1.165, 1.54) is 69.3 Å². The first kappa shape index (κ1) is 13.4. The van der Waals surface area contributed by atoms with Crippen molar-refractivity contribution in [1.29, 1.82) is 0 Å². The number of likely N-dealkylation sites (tertiary alicyclic amines) is 1. The van der Waals surface area contributed by atoms with Gasteiger partial charge in [-0.25, -0.2) is 0 Å². The fraction of sp³-hybridized carbons (Fsp3) is 0.529. The lowest BCUT2D eigenvalue weighted by atomic mass is 10.1. The van der Waals surface area contributed by atoms with Gasteiger partial charge in [-0.15, -0.1) is 0 Å². The molecule has 0 N–H and O–H groups in total. The summed E-state index contributed by atoms with van der Waals surface area (Å²) in [5.74, 6) is 0. The predicted molar refractivity (Wildman–Crippen MR) is 79.8 cm³/mol. The van der Waals surface area contributed by atoms with Gasteiger partial charge >= 0.3 is 0 Å². The van der Waals surface area contributed by atoms with E-state index in [1.54, 1.807) is 0 Å². The number of benzene rings is 1. The second-order valence-electron chi connectivity index (χ2n) is 5.31. The zero-order valence-corrected chi connectivity index (χ0v) is 11.4. The molecule has 0 atom stereocenters. The zero-order chi connectivity index (χ0) is 12.6. The van der Waals surface area contributed by atoms with Gasteiger partial charge in [0.2, 0.25) is 0 Å². The van der Waals surface area contributed by atoms with E-state index in [2.05, 4.69) is 35.7 Å². The number of hydrogen-bond donors (Lipinski definition) is 0. The van der Waals surface area contributed by atoms with Gasteiger partial charge in [-0.05, 0) is 43.5 Å². The molecular weight excluding hydrogens is 218 g/mol. The van der Waals surface area contributed by atoms with Crippen molar-refractivity contribution in [3.8, 4) is 0 Å². The molecule has 0 bridgehead atoms. The Hall–Kier alpha value is -1.08. The topological polar surface area (TPSA) is 3.24 Å². The van der Waals surface area contributed by atoms with Crippen molar-refractivity contribution < 1.29 is 0 Å². The fourth-order valence-electron chi connectivity index (χ4n) is 2.64. The molecule has 0 aromatic heterocycles. The first-order valence-electron chi connectivity index (χ1n) is 7.32. The third-order valence-electron chi connectivity index (χ3n) is 3.88. The zero-order valence-electron chi connectivity index (χ0n) is 11.4. The molecule has 1 aliphatic heterocycles. The van der Waals surface area contributed by atoms with Gasteiger partial charge in [0.05, 0.1) is 0 Å². The van der Waals surface area contributed by atoms with Crippen LogP contribution in [0.15, 0.2) is 30.8 Å². The van der Waals surface area contributed by atoms with Crippen LogP contribution in [0.25, 0.3) is 6.08 Å². The fourth-order valence-corrected chi connectivity index (χ4v) is 2.64. The van der Waals surface area contributed by atoms with E-state index in [-0.39, 0.29) is 0 Å².